The van der Waals surface area contributed by atoms with Gasteiger partial charge in [0.2, 0.25) is 0 Å². The molecule has 1 atom stereocenters. The summed E-state index contributed by atoms with van der Waals surface area (Å²) in [5, 5.41) is 1.03. The van der Waals surface area contributed by atoms with Crippen molar-refractivity contribution in [1.29, 1.82) is 0 Å². The molecule has 1 heteroatoms. The van der Waals surface area contributed by atoms with E-state index in [9.17, 15) is 0 Å². The summed E-state index contributed by atoms with van der Waals surface area (Å²) in [4.78, 5) is 0. The SMILES string of the molecule is CC(CSC1CCC1)C12CCC(C)(CC1)CC2. The maximum atomic E-state index is 2.56. The van der Waals surface area contributed by atoms with Gasteiger partial charge in [-0.25, -0.2) is 0 Å². The fourth-order valence-corrected chi connectivity index (χ4v) is 5.72. The standard InChI is InChI=1S/C16H28S/c1-13(12-17-14-4-3-5-14)16-9-6-15(2,7-10-16)8-11-16/h13-14H,3-12H2,1-2H3. The minimum absolute atomic E-state index is 0.739. The molecule has 0 heterocycles. The van der Waals surface area contributed by atoms with Gasteiger partial charge in [-0.3, -0.25) is 0 Å². The van der Waals surface area contributed by atoms with Crippen LogP contribution in [0, 0.1) is 16.7 Å². The molecule has 0 aromatic rings. The lowest BCUT2D eigenvalue weighted by molar-refractivity contribution is -0.0270. The summed E-state index contributed by atoms with van der Waals surface area (Å²) in [6.07, 6.45) is 13.7. The lowest BCUT2D eigenvalue weighted by atomic mass is 9.51. The van der Waals surface area contributed by atoms with Crippen LogP contribution in [0.25, 0.3) is 0 Å². The van der Waals surface area contributed by atoms with Gasteiger partial charge in [-0.05, 0) is 73.9 Å². The minimum Gasteiger partial charge on any atom is -0.158 e. The Kier molecular flexibility index (Phi) is 3.26. The molecule has 2 bridgehead atoms. The Morgan fingerprint density at radius 1 is 1.06 bits per heavy atom. The Labute approximate surface area is 111 Å². The first-order valence-corrected chi connectivity index (χ1v) is 8.79. The van der Waals surface area contributed by atoms with Crippen molar-refractivity contribution in [3.8, 4) is 0 Å². The minimum atomic E-state index is 0.739. The van der Waals surface area contributed by atoms with Gasteiger partial charge in [0, 0.05) is 5.25 Å². The van der Waals surface area contributed by atoms with E-state index in [2.05, 4.69) is 25.6 Å². The van der Waals surface area contributed by atoms with Crippen molar-refractivity contribution in [1.82, 2.24) is 0 Å². The molecular weight excluding hydrogens is 224 g/mol. The molecule has 4 fully saturated rings. The molecule has 98 valence electrons. The van der Waals surface area contributed by atoms with Gasteiger partial charge < -0.3 is 0 Å². The molecule has 4 rings (SSSR count). The van der Waals surface area contributed by atoms with Crippen molar-refractivity contribution in [2.24, 2.45) is 16.7 Å². The highest BCUT2D eigenvalue weighted by Crippen LogP contribution is 2.60. The Balaban J connectivity index is 1.55. The van der Waals surface area contributed by atoms with Crippen LogP contribution in [-0.4, -0.2) is 11.0 Å². The van der Waals surface area contributed by atoms with Gasteiger partial charge in [-0.1, -0.05) is 20.3 Å². The van der Waals surface area contributed by atoms with Crippen molar-refractivity contribution < 1.29 is 0 Å². The Morgan fingerprint density at radius 2 is 1.65 bits per heavy atom. The molecule has 4 aliphatic rings. The Morgan fingerprint density at radius 3 is 2.12 bits per heavy atom. The number of fused-ring (bicyclic) bond motifs is 3. The molecule has 0 aliphatic heterocycles. The van der Waals surface area contributed by atoms with Crippen LogP contribution >= 0.6 is 11.8 Å². The molecule has 17 heavy (non-hydrogen) atoms. The van der Waals surface area contributed by atoms with Crippen molar-refractivity contribution in [2.75, 3.05) is 5.75 Å². The summed E-state index contributed by atoms with van der Waals surface area (Å²) >= 11 is 2.30. The van der Waals surface area contributed by atoms with Crippen molar-refractivity contribution in [3.05, 3.63) is 0 Å². The third kappa shape index (κ3) is 2.29. The summed E-state index contributed by atoms with van der Waals surface area (Å²) in [5.41, 5.74) is 1.50. The van der Waals surface area contributed by atoms with Gasteiger partial charge >= 0.3 is 0 Å². The van der Waals surface area contributed by atoms with E-state index in [1.54, 1.807) is 0 Å². The van der Waals surface area contributed by atoms with E-state index < -0.39 is 0 Å². The summed E-state index contributed by atoms with van der Waals surface area (Å²) in [7, 11) is 0. The summed E-state index contributed by atoms with van der Waals surface area (Å²) in [5.74, 6) is 2.42. The van der Waals surface area contributed by atoms with E-state index in [4.69, 9.17) is 0 Å². The molecule has 4 saturated carbocycles. The van der Waals surface area contributed by atoms with Gasteiger partial charge in [0.1, 0.15) is 0 Å². The summed E-state index contributed by atoms with van der Waals surface area (Å²) in [6, 6.07) is 0. The van der Waals surface area contributed by atoms with Crippen LogP contribution in [0.4, 0.5) is 0 Å². The highest BCUT2D eigenvalue weighted by molar-refractivity contribution is 7.99. The fraction of sp³-hybridized carbons (Fsp3) is 1.00. The molecule has 4 aliphatic carbocycles. The average molecular weight is 252 g/mol. The topological polar surface area (TPSA) is 0 Å². The number of thioether (sulfide) groups is 1. The zero-order valence-corrected chi connectivity index (χ0v) is 12.5. The third-order valence-corrected chi connectivity index (χ3v) is 7.99. The van der Waals surface area contributed by atoms with Gasteiger partial charge in [0.15, 0.2) is 0 Å². The van der Waals surface area contributed by atoms with E-state index in [-0.39, 0.29) is 0 Å². The molecule has 0 spiro atoms. The van der Waals surface area contributed by atoms with E-state index in [0.29, 0.717) is 0 Å². The maximum Gasteiger partial charge on any atom is 0.00471 e. The second-order valence-electron chi connectivity index (χ2n) is 7.46. The fourth-order valence-electron chi connectivity index (χ4n) is 4.14. The lowest BCUT2D eigenvalue weighted by Crippen LogP contribution is -2.44. The van der Waals surface area contributed by atoms with Crippen molar-refractivity contribution in [3.63, 3.8) is 0 Å². The molecular formula is C16H28S. The number of hydrogen-bond acceptors (Lipinski definition) is 1. The van der Waals surface area contributed by atoms with Crippen LogP contribution in [0.1, 0.15) is 71.6 Å². The zero-order valence-electron chi connectivity index (χ0n) is 11.6. The van der Waals surface area contributed by atoms with E-state index >= 15 is 0 Å². The van der Waals surface area contributed by atoms with E-state index in [1.807, 2.05) is 0 Å². The summed E-state index contributed by atoms with van der Waals surface area (Å²) in [6.45, 7) is 5.09. The van der Waals surface area contributed by atoms with Crippen LogP contribution in [0.5, 0.6) is 0 Å². The van der Waals surface area contributed by atoms with Gasteiger partial charge in [-0.2, -0.15) is 11.8 Å². The molecule has 0 aromatic heterocycles. The third-order valence-electron chi connectivity index (χ3n) is 6.36. The van der Waals surface area contributed by atoms with Crippen LogP contribution in [-0.2, 0) is 0 Å². The predicted octanol–water partition coefficient (Wildman–Crippen LogP) is 5.27. The van der Waals surface area contributed by atoms with Crippen molar-refractivity contribution >= 4 is 11.8 Å². The normalized spacial score (nSPS) is 43.4. The van der Waals surface area contributed by atoms with Crippen molar-refractivity contribution in [2.45, 2.75) is 76.9 Å². The first kappa shape index (κ1) is 12.4. The quantitative estimate of drug-likeness (QED) is 0.657. The Bertz CT molecular complexity index is 255. The monoisotopic (exact) mass is 252 g/mol. The zero-order chi connectivity index (χ0) is 11.9. The second-order valence-corrected chi connectivity index (χ2v) is 8.79. The molecule has 1 unspecified atom stereocenters. The van der Waals surface area contributed by atoms with Gasteiger partial charge in [0.25, 0.3) is 0 Å². The lowest BCUT2D eigenvalue weighted by Gasteiger charge is -2.55. The molecule has 0 saturated heterocycles. The second kappa shape index (κ2) is 4.47. The number of rotatable bonds is 4. The predicted molar refractivity (Wildman–Crippen MR) is 77.5 cm³/mol. The molecule has 0 amide bonds. The smallest absolute Gasteiger partial charge is 0.00471 e. The number of hydrogen-bond donors (Lipinski definition) is 0. The van der Waals surface area contributed by atoms with E-state index in [1.165, 1.54) is 63.5 Å². The van der Waals surface area contributed by atoms with Gasteiger partial charge in [0.05, 0.1) is 0 Å². The molecule has 0 N–H and O–H groups in total. The van der Waals surface area contributed by atoms with Crippen LogP contribution in [0.2, 0.25) is 0 Å². The first-order valence-electron chi connectivity index (χ1n) is 7.74. The van der Waals surface area contributed by atoms with Crippen LogP contribution in [0.3, 0.4) is 0 Å². The molecule has 0 nitrogen and oxygen atoms in total. The first-order chi connectivity index (χ1) is 8.12. The largest absolute Gasteiger partial charge is 0.158 e. The van der Waals surface area contributed by atoms with Crippen LogP contribution < -0.4 is 0 Å². The van der Waals surface area contributed by atoms with Crippen LogP contribution in [0.15, 0.2) is 0 Å². The Hall–Kier alpha value is 0.350. The summed E-state index contributed by atoms with van der Waals surface area (Å²) < 4.78 is 0. The van der Waals surface area contributed by atoms with E-state index in [0.717, 1.165) is 22.0 Å². The maximum absolute atomic E-state index is 2.56. The highest BCUT2D eigenvalue weighted by atomic mass is 32.2. The highest BCUT2D eigenvalue weighted by Gasteiger charge is 2.48. The molecule has 0 aromatic carbocycles. The average Bonchev–Trinajstić information content (AvgIpc) is 2.28. The molecule has 0 radical (unpaired) electrons. The van der Waals surface area contributed by atoms with Gasteiger partial charge in [-0.15, -0.1) is 0 Å².